The fourth-order valence-corrected chi connectivity index (χ4v) is 9.57. The highest BCUT2D eigenvalue weighted by atomic mass is 35.5. The summed E-state index contributed by atoms with van der Waals surface area (Å²) in [6.07, 6.45) is 0.675. The first-order valence-electron chi connectivity index (χ1n) is 14.2. The number of rotatable bonds is 6. The molecule has 13 heteroatoms. The first kappa shape index (κ1) is 30.0. The minimum absolute atomic E-state index is 0.0141. The molecule has 12 atom stereocenters. The highest BCUT2D eigenvalue weighted by Gasteiger charge is 2.49. The third-order valence-electron chi connectivity index (χ3n) is 9.53. The van der Waals surface area contributed by atoms with Crippen LogP contribution in [0.25, 0.3) is 0 Å². The van der Waals surface area contributed by atoms with Crippen LogP contribution >= 0.6 is 35.0 Å². The van der Waals surface area contributed by atoms with Crippen LogP contribution in [0.5, 0.6) is 0 Å². The lowest BCUT2D eigenvalue weighted by Crippen LogP contribution is -2.57. The van der Waals surface area contributed by atoms with Crippen molar-refractivity contribution < 1.29 is 23.1 Å². The zero-order chi connectivity index (χ0) is 27.8. The molecule has 0 aromatic carbocycles. The van der Waals surface area contributed by atoms with E-state index in [0.29, 0.717) is 51.5 Å². The van der Waals surface area contributed by atoms with Crippen LogP contribution in [0.15, 0.2) is 0 Å². The van der Waals surface area contributed by atoms with Crippen molar-refractivity contribution in [3.05, 3.63) is 0 Å². The van der Waals surface area contributed by atoms with E-state index >= 15 is 0 Å². The molecule has 4 N–H and O–H groups in total. The molecule has 1 saturated carbocycles. The van der Waals surface area contributed by atoms with E-state index in [1.54, 1.807) is 23.8 Å². The monoisotopic (exact) mass is 611 g/mol. The van der Waals surface area contributed by atoms with Crippen molar-refractivity contribution in [3.63, 3.8) is 0 Å². The molecule has 0 spiro atoms. The molecule has 0 bridgehead atoms. The Labute approximate surface area is 243 Å². The van der Waals surface area contributed by atoms with Crippen molar-refractivity contribution in [2.75, 3.05) is 33.3 Å². The van der Waals surface area contributed by atoms with Crippen LogP contribution in [0.2, 0.25) is 0 Å². The van der Waals surface area contributed by atoms with Crippen molar-refractivity contribution in [1.82, 2.24) is 26.2 Å². The molecule has 5 fully saturated rings. The Balaban J connectivity index is 1.16. The van der Waals surface area contributed by atoms with Gasteiger partial charge >= 0.3 is 0 Å². The molecule has 0 aromatic heterocycles. The van der Waals surface area contributed by atoms with E-state index in [1.807, 2.05) is 0 Å². The minimum atomic E-state index is -2.50. The van der Waals surface area contributed by atoms with Gasteiger partial charge in [-0.15, -0.1) is 35.0 Å². The van der Waals surface area contributed by atoms with E-state index in [-0.39, 0.29) is 58.0 Å². The Morgan fingerprint density at radius 2 is 1.87 bits per heavy atom. The normalized spacial score (nSPS) is 44.8. The molecular weight excluding hydrogens is 571 g/mol. The number of carbonyl (C=O) groups is 2. The van der Waals surface area contributed by atoms with E-state index in [9.17, 15) is 18.4 Å². The van der Waals surface area contributed by atoms with Crippen molar-refractivity contribution in [1.29, 1.82) is 0 Å². The number of piperidine rings is 2. The van der Waals surface area contributed by atoms with E-state index in [1.165, 1.54) is 0 Å². The maximum atomic E-state index is 13.6. The maximum Gasteiger partial charge on any atom is 0.242 e. The molecule has 1 aliphatic carbocycles. The standard InChI is InChI=1S/C26H41Cl2F2N5O3S/c1-12-6-15(16-7-21(27)32-9-19(16)38-2)17(8-31-12)24(36)34-26-33-18-10-35(11-20(18)39-26)25(37)14-5-3-4-13(22(14)28)23(29)30/h12-23,26,31-33H,3-11H2,1-2H3,(H,34,36). The molecule has 4 saturated heterocycles. The van der Waals surface area contributed by atoms with Gasteiger partial charge in [0.1, 0.15) is 5.50 Å². The van der Waals surface area contributed by atoms with Gasteiger partial charge in [-0.25, -0.2) is 8.78 Å². The van der Waals surface area contributed by atoms with Gasteiger partial charge in [0, 0.05) is 56.5 Å². The van der Waals surface area contributed by atoms with Crippen LogP contribution in [0.4, 0.5) is 8.78 Å². The van der Waals surface area contributed by atoms with Gasteiger partial charge in [-0.05, 0) is 44.4 Å². The fourth-order valence-electron chi connectivity index (χ4n) is 7.40. The first-order chi connectivity index (χ1) is 18.7. The maximum absolute atomic E-state index is 13.6. The van der Waals surface area contributed by atoms with E-state index in [0.717, 1.165) is 12.8 Å². The average molecular weight is 613 g/mol. The third-order valence-corrected chi connectivity index (χ3v) is 11.8. The molecule has 4 aliphatic heterocycles. The lowest BCUT2D eigenvalue weighted by molar-refractivity contribution is -0.136. The molecule has 39 heavy (non-hydrogen) atoms. The number of ether oxygens (including phenoxy) is 1. The number of carbonyl (C=O) groups excluding carboxylic acids is 2. The molecular formula is C26H41Cl2F2N5O3S. The number of halogens is 4. The number of likely N-dealkylation sites (tertiary alicyclic amines) is 1. The molecule has 5 aliphatic rings. The Morgan fingerprint density at radius 3 is 2.59 bits per heavy atom. The number of nitrogens with one attached hydrogen (secondary N) is 4. The molecule has 4 heterocycles. The van der Waals surface area contributed by atoms with Crippen LogP contribution in [0.3, 0.4) is 0 Å². The van der Waals surface area contributed by atoms with Gasteiger partial charge in [0.25, 0.3) is 0 Å². The third kappa shape index (κ3) is 6.49. The number of hydrogen-bond acceptors (Lipinski definition) is 7. The van der Waals surface area contributed by atoms with Gasteiger partial charge in [0.15, 0.2) is 0 Å². The zero-order valence-electron chi connectivity index (χ0n) is 22.5. The van der Waals surface area contributed by atoms with Crippen LogP contribution in [0.1, 0.15) is 39.0 Å². The number of fused-ring (bicyclic) bond motifs is 1. The number of nitrogens with zero attached hydrogens (tertiary/aromatic N) is 1. The Bertz CT molecular complexity index is 883. The molecule has 0 aromatic rings. The van der Waals surface area contributed by atoms with Gasteiger partial charge in [0.05, 0.1) is 28.8 Å². The summed E-state index contributed by atoms with van der Waals surface area (Å²) in [5, 5.41) is 12.7. The van der Waals surface area contributed by atoms with Crippen LogP contribution in [0, 0.1) is 29.6 Å². The summed E-state index contributed by atoms with van der Waals surface area (Å²) in [4.78, 5) is 28.6. The van der Waals surface area contributed by atoms with Crippen molar-refractivity contribution in [3.8, 4) is 0 Å². The van der Waals surface area contributed by atoms with Gasteiger partial charge < -0.3 is 20.3 Å². The second-order valence-electron chi connectivity index (χ2n) is 11.9. The molecule has 8 nitrogen and oxygen atoms in total. The van der Waals surface area contributed by atoms with Crippen molar-refractivity contribution in [2.45, 2.75) is 85.3 Å². The van der Waals surface area contributed by atoms with Crippen LogP contribution < -0.4 is 21.3 Å². The molecule has 2 amide bonds. The van der Waals surface area contributed by atoms with Crippen LogP contribution in [-0.2, 0) is 14.3 Å². The second kappa shape index (κ2) is 12.8. The van der Waals surface area contributed by atoms with Gasteiger partial charge in [-0.1, -0.05) is 6.42 Å². The highest BCUT2D eigenvalue weighted by Crippen LogP contribution is 2.41. The quantitative estimate of drug-likeness (QED) is 0.271. The Kier molecular flexibility index (Phi) is 9.89. The number of alkyl halides is 4. The number of thioether (sulfide) groups is 1. The van der Waals surface area contributed by atoms with Crippen molar-refractivity contribution >= 4 is 46.8 Å². The molecule has 222 valence electrons. The number of methoxy groups -OCH3 is 1. The number of hydrogen-bond donors (Lipinski definition) is 4. The van der Waals surface area contributed by atoms with Gasteiger partial charge in [-0.3, -0.25) is 20.2 Å². The van der Waals surface area contributed by atoms with E-state index in [4.69, 9.17) is 27.9 Å². The number of amides is 2. The summed E-state index contributed by atoms with van der Waals surface area (Å²) < 4.78 is 32.5. The Morgan fingerprint density at radius 1 is 1.08 bits per heavy atom. The summed E-state index contributed by atoms with van der Waals surface area (Å²) in [7, 11) is 1.72. The highest BCUT2D eigenvalue weighted by molar-refractivity contribution is 8.00. The lowest BCUT2D eigenvalue weighted by Gasteiger charge is -2.45. The fraction of sp³-hybridized carbons (Fsp3) is 0.923. The summed E-state index contributed by atoms with van der Waals surface area (Å²) in [6, 6.07) is 0.349. The SMILES string of the molecule is COC1CNC(Cl)CC1C1CC(C)NCC1C(=O)NC1NC2CN(C(=O)C3CCCC(C(F)F)C3Cl)CC2S1. The topological polar surface area (TPSA) is 94.7 Å². The largest absolute Gasteiger partial charge is 0.380 e. The molecule has 5 rings (SSSR count). The minimum Gasteiger partial charge on any atom is -0.380 e. The van der Waals surface area contributed by atoms with Gasteiger partial charge in [-0.2, -0.15) is 0 Å². The summed E-state index contributed by atoms with van der Waals surface area (Å²) in [6.45, 7) is 4.46. The zero-order valence-corrected chi connectivity index (χ0v) is 24.8. The van der Waals surface area contributed by atoms with Gasteiger partial charge in [0.2, 0.25) is 18.2 Å². The first-order valence-corrected chi connectivity index (χ1v) is 16.0. The second-order valence-corrected chi connectivity index (χ2v) is 14.3. The van der Waals surface area contributed by atoms with E-state index < -0.39 is 23.6 Å². The van der Waals surface area contributed by atoms with Crippen molar-refractivity contribution in [2.24, 2.45) is 29.6 Å². The molecule has 0 radical (unpaired) electrons. The predicted octanol–water partition coefficient (Wildman–Crippen LogP) is 2.39. The average Bonchev–Trinajstić information content (AvgIpc) is 3.47. The van der Waals surface area contributed by atoms with E-state index in [2.05, 4.69) is 28.2 Å². The lowest BCUT2D eigenvalue weighted by atomic mass is 9.70. The smallest absolute Gasteiger partial charge is 0.242 e. The summed E-state index contributed by atoms with van der Waals surface area (Å²) in [5.74, 6) is -1.43. The van der Waals surface area contributed by atoms with Crippen LogP contribution in [-0.4, -0.2) is 96.2 Å². The molecule has 12 unspecified atom stereocenters. The Hall–Kier alpha value is -0.430. The summed E-state index contributed by atoms with van der Waals surface area (Å²) >= 11 is 14.5. The summed E-state index contributed by atoms with van der Waals surface area (Å²) in [5.41, 5.74) is -0.369. The predicted molar refractivity (Wildman–Crippen MR) is 149 cm³/mol.